The predicted molar refractivity (Wildman–Crippen MR) is 97.8 cm³/mol. The molecule has 2 bridgehead atoms. The van der Waals surface area contributed by atoms with Crippen molar-refractivity contribution in [3.05, 3.63) is 23.2 Å². The zero-order chi connectivity index (χ0) is 18.0. The Hall–Kier alpha value is -1.75. The summed E-state index contributed by atoms with van der Waals surface area (Å²) in [6.07, 6.45) is 5.62. The van der Waals surface area contributed by atoms with Crippen LogP contribution in [0.3, 0.4) is 0 Å². The molecule has 2 amide bonds. The summed E-state index contributed by atoms with van der Waals surface area (Å²) in [6, 6.07) is 5.03. The molecule has 1 aromatic carbocycles. The fourth-order valence-electron chi connectivity index (χ4n) is 4.28. The summed E-state index contributed by atoms with van der Waals surface area (Å²) in [6.45, 7) is 0.0231. The van der Waals surface area contributed by atoms with Crippen molar-refractivity contribution in [2.45, 2.75) is 32.1 Å². The molecule has 2 saturated carbocycles. The fraction of sp³-hybridized carbons (Fsp3) is 0.579. The largest absolute Gasteiger partial charge is 0.495 e. The molecule has 0 saturated heterocycles. The van der Waals surface area contributed by atoms with Crippen molar-refractivity contribution in [1.29, 1.82) is 0 Å². The van der Waals surface area contributed by atoms with Gasteiger partial charge in [-0.25, -0.2) is 0 Å². The molecule has 3 rings (SSSR count). The van der Waals surface area contributed by atoms with Gasteiger partial charge in [0, 0.05) is 18.5 Å². The predicted octanol–water partition coefficient (Wildman–Crippen LogP) is 3.57. The lowest BCUT2D eigenvalue weighted by Crippen LogP contribution is -2.36. The Bertz CT molecular complexity index is 664. The Labute approximate surface area is 153 Å². The number of methoxy groups -OCH3 is 1. The highest BCUT2D eigenvalue weighted by Gasteiger charge is 2.40. The topological polar surface area (TPSA) is 58.6 Å². The van der Waals surface area contributed by atoms with Gasteiger partial charge in [0.15, 0.2) is 0 Å². The second kappa shape index (κ2) is 7.65. The molecule has 3 unspecified atom stereocenters. The van der Waals surface area contributed by atoms with Crippen molar-refractivity contribution >= 4 is 29.1 Å². The van der Waals surface area contributed by atoms with Crippen molar-refractivity contribution in [2.24, 2.45) is 17.8 Å². The highest BCUT2D eigenvalue weighted by atomic mass is 35.5. The molecule has 3 atom stereocenters. The Kier molecular flexibility index (Phi) is 5.52. The lowest BCUT2D eigenvalue weighted by molar-refractivity contribution is -0.134. The minimum Gasteiger partial charge on any atom is -0.495 e. The first-order valence-electron chi connectivity index (χ1n) is 8.83. The third kappa shape index (κ3) is 4.27. The zero-order valence-corrected chi connectivity index (χ0v) is 15.5. The second-order valence-electron chi connectivity index (χ2n) is 7.28. The van der Waals surface area contributed by atoms with Gasteiger partial charge < -0.3 is 15.0 Å². The van der Waals surface area contributed by atoms with E-state index in [4.69, 9.17) is 16.3 Å². The van der Waals surface area contributed by atoms with Gasteiger partial charge in [-0.1, -0.05) is 18.0 Å². The molecule has 0 radical (unpaired) electrons. The summed E-state index contributed by atoms with van der Waals surface area (Å²) in [4.78, 5) is 26.2. The molecule has 2 aliphatic rings. The van der Waals surface area contributed by atoms with Crippen molar-refractivity contribution in [2.75, 3.05) is 26.0 Å². The molecule has 0 heterocycles. The normalized spacial score (nSPS) is 24.2. The van der Waals surface area contributed by atoms with Gasteiger partial charge in [-0.05, 0) is 55.2 Å². The van der Waals surface area contributed by atoms with Crippen LogP contribution in [-0.2, 0) is 9.59 Å². The smallest absolute Gasteiger partial charge is 0.244 e. The van der Waals surface area contributed by atoms with Crippen molar-refractivity contribution in [3.63, 3.8) is 0 Å². The van der Waals surface area contributed by atoms with Crippen molar-refractivity contribution in [1.82, 2.24) is 4.90 Å². The summed E-state index contributed by atoms with van der Waals surface area (Å²) in [5.74, 6) is 2.37. The minimum atomic E-state index is -0.260. The summed E-state index contributed by atoms with van der Waals surface area (Å²) in [7, 11) is 3.22. The molecule has 0 spiro atoms. The monoisotopic (exact) mass is 364 g/mol. The van der Waals surface area contributed by atoms with Crippen LogP contribution < -0.4 is 10.1 Å². The maximum atomic E-state index is 12.4. The van der Waals surface area contributed by atoms with E-state index in [0.717, 1.165) is 5.92 Å². The van der Waals surface area contributed by atoms with Crippen molar-refractivity contribution < 1.29 is 14.3 Å². The number of carbonyl (C=O) groups excluding carboxylic acids is 2. The van der Waals surface area contributed by atoms with Gasteiger partial charge >= 0.3 is 0 Å². The lowest BCUT2D eigenvalue weighted by atomic mass is 9.86. The third-order valence-corrected chi connectivity index (χ3v) is 5.80. The van der Waals surface area contributed by atoms with Gasteiger partial charge in [0.05, 0.1) is 19.3 Å². The summed E-state index contributed by atoms with van der Waals surface area (Å²) in [5.41, 5.74) is 0.508. The molecule has 6 heteroatoms. The maximum Gasteiger partial charge on any atom is 0.244 e. The Morgan fingerprint density at radius 2 is 2.12 bits per heavy atom. The first-order chi connectivity index (χ1) is 12.0. The van der Waals surface area contributed by atoms with Crippen LogP contribution in [0.15, 0.2) is 18.2 Å². The van der Waals surface area contributed by atoms with E-state index in [2.05, 4.69) is 5.32 Å². The van der Waals surface area contributed by atoms with E-state index in [1.807, 2.05) is 0 Å². The van der Waals surface area contributed by atoms with Gasteiger partial charge in [-0.2, -0.15) is 0 Å². The van der Waals surface area contributed by atoms with Crippen LogP contribution in [0.25, 0.3) is 0 Å². The Balaban J connectivity index is 1.52. The van der Waals surface area contributed by atoms with Crippen LogP contribution in [0.5, 0.6) is 5.75 Å². The molecule has 0 aliphatic heterocycles. The van der Waals surface area contributed by atoms with Gasteiger partial charge in [0.1, 0.15) is 5.75 Å². The van der Waals surface area contributed by atoms with Gasteiger partial charge in [-0.3, -0.25) is 9.59 Å². The second-order valence-corrected chi connectivity index (χ2v) is 7.72. The summed E-state index contributed by atoms with van der Waals surface area (Å²) < 4.78 is 5.22. The molecule has 1 aromatic rings. The SMILES string of the molecule is COc1ccc(Cl)cc1NC(=O)CN(C)C(=O)CC1CC2CCC1C2. The number of nitrogens with one attached hydrogen (secondary N) is 1. The first kappa shape index (κ1) is 18.1. The third-order valence-electron chi connectivity index (χ3n) is 5.56. The summed E-state index contributed by atoms with van der Waals surface area (Å²) in [5, 5.41) is 3.28. The van der Waals surface area contributed by atoms with E-state index in [9.17, 15) is 9.59 Å². The van der Waals surface area contributed by atoms with E-state index < -0.39 is 0 Å². The number of ether oxygens (including phenoxy) is 1. The lowest BCUT2D eigenvalue weighted by Gasteiger charge is -2.24. The van der Waals surface area contributed by atoms with E-state index in [0.29, 0.717) is 34.7 Å². The van der Waals surface area contributed by atoms with E-state index in [1.54, 1.807) is 25.2 Å². The molecule has 0 aromatic heterocycles. The highest BCUT2D eigenvalue weighted by Crippen LogP contribution is 2.49. The number of hydrogen-bond acceptors (Lipinski definition) is 3. The van der Waals surface area contributed by atoms with Crippen LogP contribution >= 0.6 is 11.6 Å². The van der Waals surface area contributed by atoms with Crippen LogP contribution in [0.4, 0.5) is 5.69 Å². The molecule has 2 aliphatic carbocycles. The maximum absolute atomic E-state index is 12.4. The highest BCUT2D eigenvalue weighted by molar-refractivity contribution is 6.31. The number of anilines is 1. The number of fused-ring (bicyclic) bond motifs is 2. The molecular weight excluding hydrogens is 340 g/mol. The molecule has 136 valence electrons. The van der Waals surface area contributed by atoms with E-state index in [-0.39, 0.29) is 18.4 Å². The van der Waals surface area contributed by atoms with Crippen molar-refractivity contribution in [3.8, 4) is 5.75 Å². The van der Waals surface area contributed by atoms with Gasteiger partial charge in [-0.15, -0.1) is 0 Å². The van der Waals surface area contributed by atoms with Crippen LogP contribution in [0.2, 0.25) is 5.02 Å². The quantitative estimate of drug-likeness (QED) is 0.839. The van der Waals surface area contributed by atoms with E-state index in [1.165, 1.54) is 37.7 Å². The van der Waals surface area contributed by atoms with Gasteiger partial charge in [0.25, 0.3) is 0 Å². The van der Waals surface area contributed by atoms with Crippen LogP contribution in [-0.4, -0.2) is 37.4 Å². The molecule has 1 N–H and O–H groups in total. The molecule has 5 nitrogen and oxygen atoms in total. The number of hydrogen-bond donors (Lipinski definition) is 1. The fourth-order valence-corrected chi connectivity index (χ4v) is 4.45. The number of halogens is 1. The number of amides is 2. The molecule has 2 fully saturated rings. The first-order valence-corrected chi connectivity index (χ1v) is 9.21. The Morgan fingerprint density at radius 3 is 2.76 bits per heavy atom. The summed E-state index contributed by atoms with van der Waals surface area (Å²) >= 11 is 5.97. The average Bonchev–Trinajstić information content (AvgIpc) is 3.17. The minimum absolute atomic E-state index is 0.0231. The zero-order valence-electron chi connectivity index (χ0n) is 14.8. The molecule has 25 heavy (non-hydrogen) atoms. The Morgan fingerprint density at radius 1 is 1.32 bits per heavy atom. The standard InChI is InChI=1S/C19H25ClN2O3/c1-22(19(24)9-14-8-12-3-4-13(14)7-12)11-18(23)21-16-10-15(20)5-6-17(16)25-2/h5-6,10,12-14H,3-4,7-9,11H2,1-2H3,(H,21,23). The number of rotatable bonds is 6. The van der Waals surface area contributed by atoms with E-state index >= 15 is 0 Å². The molecular formula is C19H25ClN2O3. The number of benzene rings is 1. The van der Waals surface area contributed by atoms with Crippen LogP contribution in [0, 0.1) is 17.8 Å². The van der Waals surface area contributed by atoms with Crippen LogP contribution in [0.1, 0.15) is 32.1 Å². The average molecular weight is 365 g/mol. The number of carbonyl (C=O) groups is 2. The number of likely N-dealkylation sites (N-methyl/N-ethyl adjacent to an activating group) is 1. The van der Waals surface area contributed by atoms with Gasteiger partial charge in [0.2, 0.25) is 11.8 Å². The number of nitrogens with zero attached hydrogens (tertiary/aromatic N) is 1.